The lowest BCUT2D eigenvalue weighted by molar-refractivity contribution is -0.131. The molecule has 0 saturated carbocycles. The van der Waals surface area contributed by atoms with Crippen molar-refractivity contribution in [3.63, 3.8) is 0 Å². The third-order valence-corrected chi connectivity index (χ3v) is 3.85. The van der Waals surface area contributed by atoms with E-state index < -0.39 is 0 Å². The zero-order chi connectivity index (χ0) is 15.2. The summed E-state index contributed by atoms with van der Waals surface area (Å²) >= 11 is 0. The number of rotatable bonds is 6. The first kappa shape index (κ1) is 15.6. The second-order valence-electron chi connectivity index (χ2n) is 5.32. The van der Waals surface area contributed by atoms with Gasteiger partial charge in [0, 0.05) is 19.6 Å². The summed E-state index contributed by atoms with van der Waals surface area (Å²) in [7, 11) is 3.24. The molecule has 1 aliphatic heterocycles. The maximum atomic E-state index is 12.2. The maximum absolute atomic E-state index is 12.2. The van der Waals surface area contributed by atoms with Crippen LogP contribution in [0.3, 0.4) is 0 Å². The highest BCUT2D eigenvalue weighted by Crippen LogP contribution is 2.27. The fraction of sp³-hybridized carbons (Fsp3) is 0.562. The van der Waals surface area contributed by atoms with E-state index in [1.54, 1.807) is 14.2 Å². The van der Waals surface area contributed by atoms with Crippen molar-refractivity contribution in [2.45, 2.75) is 32.4 Å². The van der Waals surface area contributed by atoms with E-state index in [0.29, 0.717) is 18.0 Å². The minimum atomic E-state index is -0.170. The van der Waals surface area contributed by atoms with E-state index in [1.807, 2.05) is 30.0 Å². The lowest BCUT2D eigenvalue weighted by Crippen LogP contribution is -2.43. The molecule has 1 aromatic rings. The molecule has 2 rings (SSSR count). The molecule has 1 fully saturated rings. The van der Waals surface area contributed by atoms with Gasteiger partial charge in [-0.05, 0) is 37.5 Å². The Labute approximate surface area is 126 Å². The Bertz CT molecular complexity index is 484. The Morgan fingerprint density at radius 1 is 1.24 bits per heavy atom. The normalized spacial score (nSPS) is 15.9. The van der Waals surface area contributed by atoms with E-state index in [9.17, 15) is 4.79 Å². The van der Waals surface area contributed by atoms with Crippen molar-refractivity contribution in [3.05, 3.63) is 23.8 Å². The topological polar surface area (TPSA) is 50.8 Å². The lowest BCUT2D eigenvalue weighted by atomic mass is 10.2. The SMILES string of the molecule is COc1ccc(CNC(C)C(=O)N2CCCC2)cc1OC. The average molecular weight is 292 g/mol. The zero-order valence-electron chi connectivity index (χ0n) is 13.0. The van der Waals surface area contributed by atoms with Crippen LogP contribution in [0.15, 0.2) is 18.2 Å². The van der Waals surface area contributed by atoms with Crippen LogP contribution in [0.4, 0.5) is 0 Å². The van der Waals surface area contributed by atoms with Crippen molar-refractivity contribution < 1.29 is 14.3 Å². The van der Waals surface area contributed by atoms with Crippen LogP contribution in [-0.2, 0) is 11.3 Å². The molecule has 0 aromatic heterocycles. The predicted molar refractivity (Wildman–Crippen MR) is 81.7 cm³/mol. The van der Waals surface area contributed by atoms with Gasteiger partial charge in [-0.25, -0.2) is 0 Å². The molecular weight excluding hydrogens is 268 g/mol. The van der Waals surface area contributed by atoms with Crippen LogP contribution in [0.2, 0.25) is 0 Å². The van der Waals surface area contributed by atoms with E-state index in [2.05, 4.69) is 5.32 Å². The summed E-state index contributed by atoms with van der Waals surface area (Å²) in [5.74, 6) is 1.60. The van der Waals surface area contributed by atoms with Crippen molar-refractivity contribution in [2.24, 2.45) is 0 Å². The van der Waals surface area contributed by atoms with Crippen LogP contribution in [0.25, 0.3) is 0 Å². The minimum absolute atomic E-state index is 0.170. The first-order chi connectivity index (χ1) is 10.2. The monoisotopic (exact) mass is 292 g/mol. The Kier molecular flexibility index (Phi) is 5.44. The number of nitrogens with one attached hydrogen (secondary N) is 1. The number of amides is 1. The van der Waals surface area contributed by atoms with Crippen molar-refractivity contribution in [3.8, 4) is 11.5 Å². The molecule has 1 amide bonds. The summed E-state index contributed by atoms with van der Waals surface area (Å²) in [6, 6.07) is 5.61. The number of benzene rings is 1. The fourth-order valence-corrected chi connectivity index (χ4v) is 2.56. The fourth-order valence-electron chi connectivity index (χ4n) is 2.56. The van der Waals surface area contributed by atoms with E-state index >= 15 is 0 Å². The number of likely N-dealkylation sites (tertiary alicyclic amines) is 1. The van der Waals surface area contributed by atoms with Gasteiger partial charge >= 0.3 is 0 Å². The average Bonchev–Trinajstić information content (AvgIpc) is 3.05. The smallest absolute Gasteiger partial charge is 0.239 e. The van der Waals surface area contributed by atoms with E-state index in [1.165, 1.54) is 0 Å². The second-order valence-corrected chi connectivity index (χ2v) is 5.32. The number of ether oxygens (including phenoxy) is 2. The highest BCUT2D eigenvalue weighted by molar-refractivity contribution is 5.81. The Balaban J connectivity index is 1.91. The third-order valence-electron chi connectivity index (χ3n) is 3.85. The molecule has 1 aromatic carbocycles. The molecule has 1 saturated heterocycles. The number of hydrogen-bond acceptors (Lipinski definition) is 4. The van der Waals surface area contributed by atoms with E-state index in [0.717, 1.165) is 31.5 Å². The molecule has 0 aliphatic carbocycles. The summed E-state index contributed by atoms with van der Waals surface area (Å²) in [4.78, 5) is 14.1. The molecule has 1 heterocycles. The summed E-state index contributed by atoms with van der Waals surface area (Å²) in [5, 5.41) is 3.28. The summed E-state index contributed by atoms with van der Waals surface area (Å²) in [5.41, 5.74) is 1.06. The molecule has 1 aliphatic rings. The Hall–Kier alpha value is -1.75. The van der Waals surface area contributed by atoms with E-state index in [4.69, 9.17) is 9.47 Å². The molecule has 1 N–H and O–H groups in total. The number of carbonyl (C=O) groups excluding carboxylic acids is 1. The van der Waals surface area contributed by atoms with Crippen molar-refractivity contribution in [2.75, 3.05) is 27.3 Å². The molecule has 0 radical (unpaired) electrons. The van der Waals surface area contributed by atoms with Gasteiger partial charge in [-0.1, -0.05) is 6.07 Å². The van der Waals surface area contributed by atoms with Crippen molar-refractivity contribution >= 4 is 5.91 Å². The molecule has 0 spiro atoms. The summed E-state index contributed by atoms with van der Waals surface area (Å²) in [6.07, 6.45) is 2.24. The zero-order valence-corrected chi connectivity index (χ0v) is 13.0. The van der Waals surface area contributed by atoms with Gasteiger partial charge in [0.2, 0.25) is 5.91 Å². The van der Waals surface area contributed by atoms with Crippen LogP contribution >= 0.6 is 0 Å². The minimum Gasteiger partial charge on any atom is -0.493 e. The molecular formula is C16H24N2O3. The third kappa shape index (κ3) is 3.88. The lowest BCUT2D eigenvalue weighted by Gasteiger charge is -2.21. The van der Waals surface area contributed by atoms with Gasteiger partial charge in [0.25, 0.3) is 0 Å². The standard InChI is InChI=1S/C16H24N2O3/c1-12(16(19)18-8-4-5-9-18)17-11-13-6-7-14(20-2)15(10-13)21-3/h6-7,10,12,17H,4-5,8-9,11H2,1-3H3. The van der Waals surface area contributed by atoms with Crippen LogP contribution in [0.5, 0.6) is 11.5 Å². The van der Waals surface area contributed by atoms with Gasteiger partial charge in [-0.3, -0.25) is 4.79 Å². The Morgan fingerprint density at radius 2 is 1.90 bits per heavy atom. The predicted octanol–water partition coefficient (Wildman–Crippen LogP) is 1.80. The van der Waals surface area contributed by atoms with Gasteiger partial charge in [-0.15, -0.1) is 0 Å². The van der Waals surface area contributed by atoms with Crippen LogP contribution < -0.4 is 14.8 Å². The highest BCUT2D eigenvalue weighted by Gasteiger charge is 2.22. The Morgan fingerprint density at radius 3 is 2.52 bits per heavy atom. The van der Waals surface area contributed by atoms with Crippen molar-refractivity contribution in [1.29, 1.82) is 0 Å². The summed E-state index contributed by atoms with van der Waals surface area (Å²) < 4.78 is 10.5. The number of hydrogen-bond donors (Lipinski definition) is 1. The van der Waals surface area contributed by atoms with Gasteiger partial charge in [-0.2, -0.15) is 0 Å². The van der Waals surface area contributed by atoms with Crippen LogP contribution in [-0.4, -0.2) is 44.2 Å². The number of methoxy groups -OCH3 is 2. The second kappa shape index (κ2) is 7.31. The number of nitrogens with zero attached hydrogens (tertiary/aromatic N) is 1. The molecule has 21 heavy (non-hydrogen) atoms. The van der Waals surface area contributed by atoms with E-state index in [-0.39, 0.29) is 11.9 Å². The molecule has 1 atom stereocenters. The quantitative estimate of drug-likeness (QED) is 0.869. The highest BCUT2D eigenvalue weighted by atomic mass is 16.5. The number of carbonyl (C=O) groups is 1. The molecule has 116 valence electrons. The molecule has 5 heteroatoms. The largest absolute Gasteiger partial charge is 0.493 e. The molecule has 5 nitrogen and oxygen atoms in total. The first-order valence-corrected chi connectivity index (χ1v) is 7.38. The molecule has 0 bridgehead atoms. The van der Waals surface area contributed by atoms with Gasteiger partial charge in [0.05, 0.1) is 20.3 Å². The van der Waals surface area contributed by atoms with Crippen molar-refractivity contribution in [1.82, 2.24) is 10.2 Å². The van der Waals surface area contributed by atoms with Gasteiger partial charge in [0.15, 0.2) is 11.5 Å². The molecule has 1 unspecified atom stereocenters. The van der Waals surface area contributed by atoms with Gasteiger partial charge < -0.3 is 19.7 Å². The van der Waals surface area contributed by atoms with Crippen LogP contribution in [0.1, 0.15) is 25.3 Å². The van der Waals surface area contributed by atoms with Crippen LogP contribution in [0, 0.1) is 0 Å². The van der Waals surface area contributed by atoms with Gasteiger partial charge in [0.1, 0.15) is 0 Å². The maximum Gasteiger partial charge on any atom is 0.239 e. The first-order valence-electron chi connectivity index (χ1n) is 7.38. The summed E-state index contributed by atoms with van der Waals surface area (Å²) in [6.45, 7) is 4.32.